The molecule has 3 rings (SSSR count). The summed E-state index contributed by atoms with van der Waals surface area (Å²) >= 11 is 0. The van der Waals surface area contributed by atoms with Crippen LogP contribution in [-0.4, -0.2) is 35.4 Å². The van der Waals surface area contributed by atoms with Gasteiger partial charge in [0.2, 0.25) is 0 Å². The number of hydrogen-bond donors (Lipinski definition) is 3. The van der Waals surface area contributed by atoms with Crippen molar-refractivity contribution in [2.24, 2.45) is 5.41 Å². The Morgan fingerprint density at radius 2 is 1.88 bits per heavy atom. The van der Waals surface area contributed by atoms with Crippen LogP contribution in [-0.2, 0) is 13.1 Å². The number of aliphatic hydroxyl groups is 1. The van der Waals surface area contributed by atoms with Gasteiger partial charge >= 0.3 is 5.95 Å². The van der Waals surface area contributed by atoms with Crippen molar-refractivity contribution in [2.45, 2.75) is 59.2 Å². The van der Waals surface area contributed by atoms with Crippen molar-refractivity contribution in [1.82, 2.24) is 4.57 Å². The molecule has 1 saturated heterocycles. The third-order valence-electron chi connectivity index (χ3n) is 5.62. The number of benzene rings is 1. The zero-order valence-electron chi connectivity index (χ0n) is 16.0. The minimum atomic E-state index is -0.438. The van der Waals surface area contributed by atoms with Gasteiger partial charge in [0.1, 0.15) is 24.1 Å². The molecule has 0 amide bonds. The SMILES string of the molecule is CC(C)(C)[C@H](O)C[n+]1c(N)n(CC[NH+]2CCCCC2)c2ccccc21. The van der Waals surface area contributed by atoms with E-state index in [1.807, 2.05) is 6.07 Å². The molecule has 5 nitrogen and oxygen atoms in total. The van der Waals surface area contributed by atoms with E-state index in [-0.39, 0.29) is 5.41 Å². The van der Waals surface area contributed by atoms with Gasteiger partial charge in [0.05, 0.1) is 25.7 Å². The number of fused-ring (bicyclic) bond motifs is 1. The maximum Gasteiger partial charge on any atom is 0.356 e. The van der Waals surface area contributed by atoms with E-state index in [2.05, 4.69) is 48.1 Å². The van der Waals surface area contributed by atoms with Gasteiger partial charge in [-0.2, -0.15) is 0 Å². The molecule has 1 aromatic heterocycles. The zero-order chi connectivity index (χ0) is 18.0. The quantitative estimate of drug-likeness (QED) is 0.707. The highest BCUT2D eigenvalue weighted by Gasteiger charge is 2.29. The number of para-hydroxylation sites is 2. The lowest BCUT2D eigenvalue weighted by Crippen LogP contribution is -3.13. The van der Waals surface area contributed by atoms with Gasteiger partial charge in [-0.05, 0) is 36.8 Å². The predicted molar refractivity (Wildman–Crippen MR) is 101 cm³/mol. The molecular formula is C20H34N4O+2. The Labute approximate surface area is 151 Å². The van der Waals surface area contributed by atoms with Gasteiger partial charge in [0, 0.05) is 0 Å². The zero-order valence-corrected chi connectivity index (χ0v) is 16.0. The van der Waals surface area contributed by atoms with Crippen LogP contribution < -0.4 is 15.2 Å². The molecule has 0 bridgehead atoms. The second-order valence-electron chi connectivity index (χ2n) is 8.55. The number of anilines is 1. The Morgan fingerprint density at radius 3 is 2.56 bits per heavy atom. The molecule has 1 aliphatic rings. The maximum absolute atomic E-state index is 10.6. The van der Waals surface area contributed by atoms with E-state index in [1.165, 1.54) is 32.4 Å². The maximum atomic E-state index is 10.6. The summed E-state index contributed by atoms with van der Waals surface area (Å²) in [5.74, 6) is 0.751. The van der Waals surface area contributed by atoms with E-state index in [4.69, 9.17) is 5.73 Å². The number of imidazole rings is 1. The number of nitrogens with one attached hydrogen (secondary N) is 1. The van der Waals surface area contributed by atoms with Crippen LogP contribution in [0.5, 0.6) is 0 Å². The van der Waals surface area contributed by atoms with Gasteiger partial charge in [-0.15, -0.1) is 0 Å². The fraction of sp³-hybridized carbons (Fsp3) is 0.650. The van der Waals surface area contributed by atoms with Gasteiger partial charge in [-0.1, -0.05) is 32.9 Å². The second-order valence-corrected chi connectivity index (χ2v) is 8.55. The molecule has 1 aromatic carbocycles. The van der Waals surface area contributed by atoms with E-state index in [0.717, 1.165) is 30.1 Å². The van der Waals surface area contributed by atoms with Crippen LogP contribution in [0, 0.1) is 5.41 Å². The van der Waals surface area contributed by atoms with Gasteiger partial charge in [0.15, 0.2) is 0 Å². The van der Waals surface area contributed by atoms with E-state index >= 15 is 0 Å². The molecule has 2 aromatic rings. The van der Waals surface area contributed by atoms with Crippen LogP contribution in [0.25, 0.3) is 11.0 Å². The molecule has 2 heterocycles. The molecule has 5 heteroatoms. The highest BCUT2D eigenvalue weighted by Crippen LogP contribution is 2.21. The standard InChI is InChI=1S/C20H32N4O/c1-20(2,3)18(25)15-24-17-10-6-5-9-16(17)23(19(24)21)14-13-22-11-7-4-8-12-22/h5-6,9-10,18,21,25H,4,7-8,11-15H2,1-3H3/p+2/t18-/m1/s1. The lowest BCUT2D eigenvalue weighted by molar-refractivity contribution is -0.905. The number of nitrogens with zero attached hydrogens (tertiary/aromatic N) is 2. The normalized spacial score (nSPS) is 17.9. The molecule has 1 atom stereocenters. The van der Waals surface area contributed by atoms with Gasteiger partial charge in [-0.3, -0.25) is 5.73 Å². The molecule has 138 valence electrons. The molecule has 1 fully saturated rings. The van der Waals surface area contributed by atoms with Crippen LogP contribution in [0.2, 0.25) is 0 Å². The Balaban J connectivity index is 1.86. The third-order valence-corrected chi connectivity index (χ3v) is 5.62. The van der Waals surface area contributed by atoms with E-state index < -0.39 is 6.10 Å². The lowest BCUT2D eigenvalue weighted by atomic mass is 9.89. The first-order valence-corrected chi connectivity index (χ1v) is 9.66. The first kappa shape index (κ1) is 18.2. The van der Waals surface area contributed by atoms with Crippen molar-refractivity contribution in [1.29, 1.82) is 0 Å². The number of piperidine rings is 1. The molecule has 0 aliphatic carbocycles. The Hall–Kier alpha value is -1.59. The highest BCUT2D eigenvalue weighted by molar-refractivity contribution is 5.73. The van der Waals surface area contributed by atoms with E-state index in [1.54, 1.807) is 4.90 Å². The number of aliphatic hydroxyl groups excluding tert-OH is 1. The van der Waals surface area contributed by atoms with Gasteiger partial charge in [-0.25, -0.2) is 9.13 Å². The molecule has 4 N–H and O–H groups in total. The van der Waals surface area contributed by atoms with Crippen LogP contribution in [0.4, 0.5) is 5.95 Å². The van der Waals surface area contributed by atoms with Crippen LogP contribution in [0.1, 0.15) is 40.0 Å². The Morgan fingerprint density at radius 1 is 1.20 bits per heavy atom. The van der Waals surface area contributed by atoms with Crippen molar-refractivity contribution in [3.63, 3.8) is 0 Å². The third kappa shape index (κ3) is 3.98. The predicted octanol–water partition coefficient (Wildman–Crippen LogP) is 0.987. The van der Waals surface area contributed by atoms with Crippen LogP contribution in [0.3, 0.4) is 0 Å². The number of rotatable bonds is 5. The molecule has 0 radical (unpaired) electrons. The average Bonchev–Trinajstić information content (AvgIpc) is 2.85. The summed E-state index contributed by atoms with van der Waals surface area (Å²) in [6.07, 6.45) is 3.62. The first-order valence-electron chi connectivity index (χ1n) is 9.66. The highest BCUT2D eigenvalue weighted by atomic mass is 16.3. The molecule has 0 unspecified atom stereocenters. The van der Waals surface area contributed by atoms with E-state index in [0.29, 0.717) is 6.54 Å². The van der Waals surface area contributed by atoms with Crippen molar-refractivity contribution in [2.75, 3.05) is 25.4 Å². The molecule has 25 heavy (non-hydrogen) atoms. The monoisotopic (exact) mass is 346 g/mol. The number of nitrogens with two attached hydrogens (primary N) is 1. The topological polar surface area (TPSA) is 59.5 Å². The molecule has 0 saturated carbocycles. The summed E-state index contributed by atoms with van der Waals surface area (Å²) in [5, 5.41) is 10.6. The number of quaternary nitrogens is 1. The van der Waals surface area contributed by atoms with Crippen molar-refractivity contribution in [3.8, 4) is 0 Å². The molecule has 0 spiro atoms. The summed E-state index contributed by atoms with van der Waals surface area (Å²) in [6, 6.07) is 8.35. The van der Waals surface area contributed by atoms with Gasteiger partial charge < -0.3 is 10.0 Å². The van der Waals surface area contributed by atoms with Crippen molar-refractivity contribution < 1.29 is 14.6 Å². The lowest BCUT2D eigenvalue weighted by Gasteiger charge is -2.25. The summed E-state index contributed by atoms with van der Waals surface area (Å²) in [4.78, 5) is 1.68. The number of aromatic nitrogens is 2. The fourth-order valence-corrected chi connectivity index (χ4v) is 3.76. The minimum absolute atomic E-state index is 0.166. The minimum Gasteiger partial charge on any atom is -0.389 e. The molecule has 1 aliphatic heterocycles. The number of nitrogen functional groups attached to an aromatic ring is 1. The molecular weight excluding hydrogens is 312 g/mol. The Bertz CT molecular complexity index is 710. The van der Waals surface area contributed by atoms with Crippen LogP contribution >= 0.6 is 0 Å². The van der Waals surface area contributed by atoms with Crippen LogP contribution in [0.15, 0.2) is 24.3 Å². The van der Waals surface area contributed by atoms with Crippen molar-refractivity contribution in [3.05, 3.63) is 24.3 Å². The fourth-order valence-electron chi connectivity index (χ4n) is 3.76. The average molecular weight is 347 g/mol. The summed E-state index contributed by atoms with van der Waals surface area (Å²) < 4.78 is 4.31. The largest absolute Gasteiger partial charge is 0.389 e. The second kappa shape index (κ2) is 7.34. The summed E-state index contributed by atoms with van der Waals surface area (Å²) in [5.41, 5.74) is 8.64. The summed E-state index contributed by atoms with van der Waals surface area (Å²) in [7, 11) is 0. The van der Waals surface area contributed by atoms with Gasteiger partial charge in [0.25, 0.3) is 0 Å². The summed E-state index contributed by atoms with van der Waals surface area (Å²) in [6.45, 7) is 11.3. The number of hydrogen-bond acceptors (Lipinski definition) is 2. The smallest absolute Gasteiger partial charge is 0.356 e. The Kier molecular flexibility index (Phi) is 5.35. The first-order chi connectivity index (χ1) is 11.9. The number of likely N-dealkylation sites (tertiary alicyclic amines) is 1. The van der Waals surface area contributed by atoms with E-state index in [9.17, 15) is 5.11 Å². The van der Waals surface area contributed by atoms with Crippen molar-refractivity contribution >= 4 is 17.0 Å².